The molecule has 2 N–H and O–H groups in total. The molecular formula is C34H29F3N4O2. The third-order valence-electron chi connectivity index (χ3n) is 8.02. The number of imidazole rings is 1. The summed E-state index contributed by atoms with van der Waals surface area (Å²) in [6.07, 6.45) is -1.16. The SMILES string of the molecule is O=C(Nc1ccc2c(c1)ncn2CCCCC1(C(=O)NCC(F)(F)F)c2ccccc2-c2ccccc21)c1ccccc1. The van der Waals surface area contributed by atoms with Gasteiger partial charge in [-0.2, -0.15) is 13.2 Å². The van der Waals surface area contributed by atoms with Crippen LogP contribution < -0.4 is 10.6 Å². The molecule has 4 aromatic carbocycles. The molecule has 0 saturated carbocycles. The molecule has 0 unspecified atom stereocenters. The number of hydrogen-bond donors (Lipinski definition) is 2. The number of nitrogens with zero attached hydrogens (tertiary/aromatic N) is 2. The minimum absolute atomic E-state index is 0.206. The molecule has 0 fully saturated rings. The zero-order valence-corrected chi connectivity index (χ0v) is 23.2. The standard InChI is InChI=1S/C34H29F3N4O2/c35-34(36,37)21-38-32(43)33(27-14-6-4-12-25(27)26-13-5-7-15-28(26)33)18-8-9-19-41-22-39-29-20-24(16-17-30(29)41)40-31(42)23-10-2-1-3-11-23/h1-7,10-17,20,22H,8-9,18-19,21H2,(H,38,43)(H,40,42). The predicted octanol–water partition coefficient (Wildman–Crippen LogP) is 7.10. The molecule has 0 saturated heterocycles. The van der Waals surface area contributed by atoms with Crippen LogP contribution in [-0.2, 0) is 16.8 Å². The largest absolute Gasteiger partial charge is 0.405 e. The van der Waals surface area contributed by atoms with Gasteiger partial charge in [0.15, 0.2) is 0 Å². The molecule has 1 aromatic heterocycles. The molecule has 0 atom stereocenters. The third-order valence-corrected chi connectivity index (χ3v) is 8.02. The van der Waals surface area contributed by atoms with Crippen molar-refractivity contribution in [3.05, 3.63) is 120 Å². The molecule has 5 aromatic rings. The maximum absolute atomic E-state index is 13.7. The summed E-state index contributed by atoms with van der Waals surface area (Å²) < 4.78 is 41.4. The van der Waals surface area contributed by atoms with Gasteiger partial charge in [-0.1, -0.05) is 66.7 Å². The Morgan fingerprint density at radius 3 is 2.14 bits per heavy atom. The Hall–Kier alpha value is -4.92. The monoisotopic (exact) mass is 582 g/mol. The molecule has 43 heavy (non-hydrogen) atoms. The molecule has 218 valence electrons. The molecule has 0 radical (unpaired) electrons. The number of hydrogen-bond acceptors (Lipinski definition) is 3. The van der Waals surface area contributed by atoms with Crippen LogP contribution in [0.1, 0.15) is 40.7 Å². The smallest absolute Gasteiger partial charge is 0.346 e. The maximum atomic E-state index is 13.7. The number of aromatic nitrogens is 2. The molecule has 6 nitrogen and oxygen atoms in total. The molecule has 6 rings (SSSR count). The summed E-state index contributed by atoms with van der Waals surface area (Å²) in [5.74, 6) is -0.844. The number of alkyl halides is 3. The van der Waals surface area contributed by atoms with Crippen molar-refractivity contribution in [1.29, 1.82) is 0 Å². The summed E-state index contributed by atoms with van der Waals surface area (Å²) in [5, 5.41) is 5.08. The number of benzene rings is 4. The normalized spacial score (nSPS) is 13.4. The zero-order chi connectivity index (χ0) is 30.0. The van der Waals surface area contributed by atoms with Gasteiger partial charge in [0, 0.05) is 17.8 Å². The molecule has 1 aliphatic carbocycles. The molecule has 1 heterocycles. The van der Waals surface area contributed by atoms with Crippen molar-refractivity contribution < 1.29 is 22.8 Å². The van der Waals surface area contributed by atoms with E-state index in [1.807, 2.05) is 77.4 Å². The first kappa shape index (κ1) is 28.2. The summed E-state index contributed by atoms with van der Waals surface area (Å²) in [7, 11) is 0. The fourth-order valence-corrected chi connectivity index (χ4v) is 6.07. The lowest BCUT2D eigenvalue weighted by Crippen LogP contribution is -2.47. The van der Waals surface area contributed by atoms with E-state index < -0.39 is 24.0 Å². The first-order chi connectivity index (χ1) is 20.8. The predicted molar refractivity (Wildman–Crippen MR) is 160 cm³/mol. The van der Waals surface area contributed by atoms with E-state index in [9.17, 15) is 22.8 Å². The summed E-state index contributed by atoms with van der Waals surface area (Å²) >= 11 is 0. The highest BCUT2D eigenvalue weighted by atomic mass is 19.4. The molecule has 1 aliphatic rings. The average molecular weight is 583 g/mol. The van der Waals surface area contributed by atoms with E-state index in [2.05, 4.69) is 15.6 Å². The Labute approximate surface area is 246 Å². The highest BCUT2D eigenvalue weighted by Crippen LogP contribution is 2.51. The quantitative estimate of drug-likeness (QED) is 0.182. The highest BCUT2D eigenvalue weighted by molar-refractivity contribution is 6.05. The van der Waals surface area contributed by atoms with E-state index >= 15 is 0 Å². The molecular weight excluding hydrogens is 553 g/mol. The van der Waals surface area contributed by atoms with Gasteiger partial charge >= 0.3 is 6.18 Å². The van der Waals surface area contributed by atoms with Crippen LogP contribution in [0.4, 0.5) is 18.9 Å². The van der Waals surface area contributed by atoms with Gasteiger partial charge in [0.05, 0.1) is 17.4 Å². The van der Waals surface area contributed by atoms with Gasteiger partial charge in [0.2, 0.25) is 5.91 Å². The molecule has 2 amide bonds. The van der Waals surface area contributed by atoms with E-state index in [-0.39, 0.29) is 5.91 Å². The molecule has 0 aliphatic heterocycles. The average Bonchev–Trinajstić information content (AvgIpc) is 3.55. The number of aryl methyl sites for hydroxylation is 1. The molecule has 0 spiro atoms. The van der Waals surface area contributed by atoms with E-state index in [1.54, 1.807) is 30.6 Å². The second-order valence-electron chi connectivity index (χ2n) is 10.7. The van der Waals surface area contributed by atoms with Gasteiger partial charge in [0.1, 0.15) is 12.0 Å². The number of rotatable bonds is 9. The Bertz CT molecular complexity index is 1750. The zero-order valence-electron chi connectivity index (χ0n) is 23.2. The van der Waals surface area contributed by atoms with Crippen LogP contribution in [0.25, 0.3) is 22.2 Å². The van der Waals surface area contributed by atoms with Gasteiger partial charge in [-0.05, 0) is 71.8 Å². The van der Waals surface area contributed by atoms with E-state index in [4.69, 9.17) is 0 Å². The van der Waals surface area contributed by atoms with Crippen molar-refractivity contribution in [3.8, 4) is 11.1 Å². The first-order valence-electron chi connectivity index (χ1n) is 14.1. The van der Waals surface area contributed by atoms with Crippen LogP contribution in [0.15, 0.2) is 103 Å². The fourth-order valence-electron chi connectivity index (χ4n) is 6.07. The van der Waals surface area contributed by atoms with Crippen LogP contribution >= 0.6 is 0 Å². The van der Waals surface area contributed by atoms with Gasteiger partial charge in [-0.15, -0.1) is 0 Å². The summed E-state index contributed by atoms with van der Waals surface area (Å²) in [6, 6.07) is 29.4. The van der Waals surface area contributed by atoms with Gasteiger partial charge in [-0.3, -0.25) is 9.59 Å². The Kier molecular flexibility index (Phi) is 7.48. The van der Waals surface area contributed by atoms with Gasteiger partial charge in [0.25, 0.3) is 5.91 Å². The minimum Gasteiger partial charge on any atom is -0.346 e. The van der Waals surface area contributed by atoms with Crippen LogP contribution in [0.3, 0.4) is 0 Å². The highest BCUT2D eigenvalue weighted by Gasteiger charge is 2.49. The summed E-state index contributed by atoms with van der Waals surface area (Å²) in [5.41, 5.74) is 4.80. The fraction of sp³-hybridized carbons (Fsp3) is 0.206. The van der Waals surface area contributed by atoms with Crippen molar-refractivity contribution in [3.63, 3.8) is 0 Å². The lowest BCUT2D eigenvalue weighted by atomic mass is 9.73. The van der Waals surface area contributed by atoms with Crippen LogP contribution in [0, 0.1) is 0 Å². The number of amides is 2. The van der Waals surface area contributed by atoms with Crippen LogP contribution in [0.2, 0.25) is 0 Å². The summed E-state index contributed by atoms with van der Waals surface area (Å²) in [6.45, 7) is -0.775. The van der Waals surface area contributed by atoms with Gasteiger partial charge in [-0.25, -0.2) is 4.98 Å². The topological polar surface area (TPSA) is 76.0 Å². The van der Waals surface area contributed by atoms with Crippen molar-refractivity contribution >= 4 is 28.5 Å². The Morgan fingerprint density at radius 2 is 1.47 bits per heavy atom. The van der Waals surface area contributed by atoms with Crippen molar-refractivity contribution in [1.82, 2.24) is 14.9 Å². The lowest BCUT2D eigenvalue weighted by Gasteiger charge is -2.31. The number of carbonyl (C=O) groups excluding carboxylic acids is 2. The summed E-state index contributed by atoms with van der Waals surface area (Å²) in [4.78, 5) is 30.7. The lowest BCUT2D eigenvalue weighted by molar-refractivity contribution is -0.141. The third kappa shape index (κ3) is 5.50. The van der Waals surface area contributed by atoms with Crippen LogP contribution in [0.5, 0.6) is 0 Å². The van der Waals surface area contributed by atoms with Crippen molar-refractivity contribution in [2.24, 2.45) is 0 Å². The minimum atomic E-state index is -4.51. The first-order valence-corrected chi connectivity index (χ1v) is 14.1. The second-order valence-corrected chi connectivity index (χ2v) is 10.7. The molecule has 0 bridgehead atoms. The molecule has 9 heteroatoms. The second kappa shape index (κ2) is 11.4. The number of fused-ring (bicyclic) bond motifs is 4. The number of anilines is 1. The Balaban J connectivity index is 1.19. The van der Waals surface area contributed by atoms with Crippen LogP contribution in [-0.4, -0.2) is 34.1 Å². The van der Waals surface area contributed by atoms with Crippen molar-refractivity contribution in [2.75, 3.05) is 11.9 Å². The number of nitrogens with one attached hydrogen (secondary N) is 2. The maximum Gasteiger partial charge on any atom is 0.405 e. The van der Waals surface area contributed by atoms with Crippen molar-refractivity contribution in [2.45, 2.75) is 37.4 Å². The van der Waals surface area contributed by atoms with E-state index in [1.165, 1.54) is 0 Å². The number of halogens is 3. The number of unbranched alkanes of at least 4 members (excludes halogenated alkanes) is 1. The van der Waals surface area contributed by atoms with E-state index in [0.29, 0.717) is 37.1 Å². The van der Waals surface area contributed by atoms with Gasteiger partial charge < -0.3 is 15.2 Å². The Morgan fingerprint density at radius 1 is 0.814 bits per heavy atom. The number of carbonyl (C=O) groups is 2. The van der Waals surface area contributed by atoms with E-state index in [0.717, 1.165) is 33.3 Å².